The molecule has 0 aliphatic carbocycles. The Labute approximate surface area is 168 Å². The van der Waals surface area contributed by atoms with E-state index in [1.54, 1.807) is 24.3 Å². The number of likely N-dealkylation sites (tertiary alicyclic amines) is 1. The van der Waals surface area contributed by atoms with E-state index in [2.05, 4.69) is 10.3 Å². The lowest BCUT2D eigenvalue weighted by molar-refractivity contribution is -0.133. The van der Waals surface area contributed by atoms with Gasteiger partial charge in [0, 0.05) is 46.8 Å². The van der Waals surface area contributed by atoms with Crippen LogP contribution in [0.2, 0.25) is 5.02 Å². The highest BCUT2D eigenvalue weighted by Crippen LogP contribution is 2.23. The van der Waals surface area contributed by atoms with Crippen molar-refractivity contribution in [2.45, 2.75) is 19.3 Å². The van der Waals surface area contributed by atoms with Gasteiger partial charge in [-0.15, -0.1) is 0 Å². The minimum absolute atomic E-state index is 0.00560. The maximum absolute atomic E-state index is 12.7. The molecule has 6 heteroatoms. The highest BCUT2D eigenvalue weighted by Gasteiger charge is 2.27. The van der Waals surface area contributed by atoms with Gasteiger partial charge in [-0.2, -0.15) is 0 Å². The average Bonchev–Trinajstić information content (AvgIpc) is 3.13. The third-order valence-corrected chi connectivity index (χ3v) is 5.60. The summed E-state index contributed by atoms with van der Waals surface area (Å²) >= 11 is 5.87. The minimum atomic E-state index is -0.0761. The molecule has 0 radical (unpaired) electrons. The molecule has 0 saturated carbocycles. The van der Waals surface area contributed by atoms with E-state index in [-0.39, 0.29) is 17.7 Å². The van der Waals surface area contributed by atoms with Gasteiger partial charge in [0.2, 0.25) is 11.8 Å². The summed E-state index contributed by atoms with van der Waals surface area (Å²) in [5.74, 6) is 0.0418. The molecule has 28 heavy (non-hydrogen) atoms. The smallest absolute Gasteiger partial charge is 0.227 e. The number of hydrogen-bond acceptors (Lipinski definition) is 2. The molecule has 3 aromatic rings. The van der Waals surface area contributed by atoms with Crippen LogP contribution in [0.4, 0.5) is 5.69 Å². The molecule has 1 aliphatic rings. The number of aromatic amines is 1. The van der Waals surface area contributed by atoms with Crippen LogP contribution in [0.3, 0.4) is 0 Å². The number of carbonyl (C=O) groups is 2. The van der Waals surface area contributed by atoms with Crippen molar-refractivity contribution in [2.24, 2.45) is 5.92 Å². The van der Waals surface area contributed by atoms with E-state index in [0.717, 1.165) is 22.2 Å². The van der Waals surface area contributed by atoms with Crippen LogP contribution >= 0.6 is 11.6 Å². The first kappa shape index (κ1) is 18.6. The Morgan fingerprint density at radius 3 is 2.54 bits per heavy atom. The summed E-state index contributed by atoms with van der Waals surface area (Å²) in [5, 5.41) is 4.66. The molecule has 1 fully saturated rings. The molecule has 0 spiro atoms. The molecule has 0 unspecified atom stereocenters. The number of fused-ring (bicyclic) bond motifs is 1. The van der Waals surface area contributed by atoms with E-state index in [1.807, 2.05) is 35.4 Å². The summed E-state index contributed by atoms with van der Waals surface area (Å²) in [6.45, 7) is 1.22. The van der Waals surface area contributed by atoms with Crippen LogP contribution < -0.4 is 5.32 Å². The van der Waals surface area contributed by atoms with Crippen LogP contribution in [-0.2, 0) is 16.0 Å². The Hall–Kier alpha value is -2.79. The van der Waals surface area contributed by atoms with Gasteiger partial charge < -0.3 is 15.2 Å². The molecule has 1 aliphatic heterocycles. The maximum atomic E-state index is 12.7. The second-order valence-corrected chi connectivity index (χ2v) is 7.62. The maximum Gasteiger partial charge on any atom is 0.227 e. The Bertz CT molecular complexity index is 988. The Morgan fingerprint density at radius 1 is 1.07 bits per heavy atom. The number of nitrogens with one attached hydrogen (secondary N) is 2. The molecule has 144 valence electrons. The molecular weight excluding hydrogens is 374 g/mol. The van der Waals surface area contributed by atoms with E-state index in [1.165, 1.54) is 0 Å². The number of piperidine rings is 1. The molecular formula is C22H22ClN3O2. The number of nitrogens with zero attached hydrogens (tertiary/aromatic N) is 1. The fourth-order valence-corrected chi connectivity index (χ4v) is 3.85. The summed E-state index contributed by atoms with van der Waals surface area (Å²) in [6.07, 6.45) is 3.65. The number of halogens is 1. The number of hydrogen-bond donors (Lipinski definition) is 2. The Balaban J connectivity index is 1.31. The van der Waals surface area contributed by atoms with E-state index in [9.17, 15) is 9.59 Å². The van der Waals surface area contributed by atoms with Gasteiger partial charge in [-0.25, -0.2) is 0 Å². The van der Waals surface area contributed by atoms with Crippen LogP contribution in [-0.4, -0.2) is 34.8 Å². The van der Waals surface area contributed by atoms with Crippen molar-refractivity contribution in [2.75, 3.05) is 18.4 Å². The largest absolute Gasteiger partial charge is 0.361 e. The number of rotatable bonds is 4. The fourth-order valence-electron chi connectivity index (χ4n) is 3.72. The molecule has 2 heterocycles. The first-order valence-corrected chi connectivity index (χ1v) is 9.87. The average molecular weight is 396 g/mol. The zero-order valence-corrected chi connectivity index (χ0v) is 16.2. The predicted molar refractivity (Wildman–Crippen MR) is 111 cm³/mol. The van der Waals surface area contributed by atoms with Crippen molar-refractivity contribution < 1.29 is 9.59 Å². The molecule has 4 rings (SSSR count). The quantitative estimate of drug-likeness (QED) is 0.693. The van der Waals surface area contributed by atoms with Gasteiger partial charge in [0.15, 0.2) is 0 Å². The first-order valence-electron chi connectivity index (χ1n) is 9.49. The molecule has 5 nitrogen and oxygen atoms in total. The van der Waals surface area contributed by atoms with E-state index in [4.69, 9.17) is 11.6 Å². The highest BCUT2D eigenvalue weighted by molar-refractivity contribution is 6.30. The first-order chi connectivity index (χ1) is 13.6. The van der Waals surface area contributed by atoms with Crippen LogP contribution in [0.25, 0.3) is 10.9 Å². The minimum Gasteiger partial charge on any atom is -0.361 e. The van der Waals surface area contributed by atoms with Crippen molar-refractivity contribution in [3.63, 3.8) is 0 Å². The Morgan fingerprint density at radius 2 is 1.79 bits per heavy atom. The van der Waals surface area contributed by atoms with Gasteiger partial charge in [-0.1, -0.05) is 29.8 Å². The third-order valence-electron chi connectivity index (χ3n) is 5.35. The summed E-state index contributed by atoms with van der Waals surface area (Å²) in [4.78, 5) is 30.3. The van der Waals surface area contributed by atoms with E-state index >= 15 is 0 Å². The lowest BCUT2D eigenvalue weighted by Crippen LogP contribution is -2.42. The molecule has 2 aromatic carbocycles. The molecule has 1 saturated heterocycles. The molecule has 1 aromatic heterocycles. The van der Waals surface area contributed by atoms with Crippen LogP contribution in [0, 0.1) is 5.92 Å². The Kier molecular flexibility index (Phi) is 5.35. The second kappa shape index (κ2) is 8.07. The van der Waals surface area contributed by atoms with Gasteiger partial charge >= 0.3 is 0 Å². The number of carbonyl (C=O) groups excluding carboxylic acids is 2. The summed E-state index contributed by atoms with van der Waals surface area (Å²) in [5.41, 5.74) is 2.80. The van der Waals surface area contributed by atoms with Crippen molar-refractivity contribution >= 4 is 40.0 Å². The zero-order chi connectivity index (χ0) is 19.5. The SMILES string of the molecule is O=C(Nc1ccc(Cl)cc1)C1CCN(C(=O)Cc2c[nH]c3ccccc23)CC1. The van der Waals surface area contributed by atoms with E-state index in [0.29, 0.717) is 37.4 Å². The number of para-hydroxylation sites is 1. The monoisotopic (exact) mass is 395 g/mol. The fraction of sp³-hybridized carbons (Fsp3) is 0.273. The van der Waals surface area contributed by atoms with Crippen molar-refractivity contribution in [3.8, 4) is 0 Å². The van der Waals surface area contributed by atoms with Gasteiger partial charge in [-0.3, -0.25) is 9.59 Å². The summed E-state index contributed by atoms with van der Waals surface area (Å²) in [6, 6.07) is 15.1. The number of benzene rings is 2. The van der Waals surface area contributed by atoms with Crippen molar-refractivity contribution in [1.82, 2.24) is 9.88 Å². The van der Waals surface area contributed by atoms with Crippen molar-refractivity contribution in [3.05, 3.63) is 65.3 Å². The van der Waals surface area contributed by atoms with Crippen LogP contribution in [0.15, 0.2) is 54.7 Å². The normalized spacial score (nSPS) is 15.0. The van der Waals surface area contributed by atoms with Gasteiger partial charge in [0.1, 0.15) is 0 Å². The summed E-state index contributed by atoms with van der Waals surface area (Å²) < 4.78 is 0. The molecule has 2 amide bonds. The van der Waals surface area contributed by atoms with Crippen LogP contribution in [0.5, 0.6) is 0 Å². The zero-order valence-electron chi connectivity index (χ0n) is 15.5. The lowest BCUT2D eigenvalue weighted by Gasteiger charge is -2.31. The third kappa shape index (κ3) is 4.04. The van der Waals surface area contributed by atoms with Gasteiger partial charge in [0.25, 0.3) is 0 Å². The molecule has 0 atom stereocenters. The number of anilines is 1. The molecule has 2 N–H and O–H groups in total. The van der Waals surface area contributed by atoms with E-state index < -0.39 is 0 Å². The van der Waals surface area contributed by atoms with Crippen LogP contribution in [0.1, 0.15) is 18.4 Å². The van der Waals surface area contributed by atoms with Gasteiger partial charge in [0.05, 0.1) is 6.42 Å². The lowest BCUT2D eigenvalue weighted by atomic mass is 9.95. The standard InChI is InChI=1S/C22H22ClN3O2/c23-17-5-7-18(8-6-17)25-22(28)15-9-11-26(12-10-15)21(27)13-16-14-24-20-4-2-1-3-19(16)20/h1-8,14-15,24H,9-13H2,(H,25,28). The number of amides is 2. The highest BCUT2D eigenvalue weighted by atomic mass is 35.5. The number of aromatic nitrogens is 1. The second-order valence-electron chi connectivity index (χ2n) is 7.19. The van der Waals surface area contributed by atoms with Crippen molar-refractivity contribution in [1.29, 1.82) is 0 Å². The predicted octanol–water partition coefficient (Wildman–Crippen LogP) is 4.24. The topological polar surface area (TPSA) is 65.2 Å². The van der Waals surface area contributed by atoms with Gasteiger partial charge in [-0.05, 0) is 48.7 Å². The summed E-state index contributed by atoms with van der Waals surface area (Å²) in [7, 11) is 0. The molecule has 0 bridgehead atoms. The number of H-pyrrole nitrogens is 1.